The standard InChI is InChI=1S/C30H25Cl2N3O3/c1-37-25-11-5-20-13-19(3-4-21(20)15-25)14-29-34-28(26-12-6-22(31)16-27(26)32)18-35(29)24-9-7-23(8-10-24)33-17-30(36)38-2/h3-13,15-16,18,33H,14,17H2,1-2H3. The lowest BCUT2D eigenvalue weighted by atomic mass is 10.0. The van der Waals surface area contributed by atoms with Gasteiger partial charge in [-0.1, -0.05) is 47.5 Å². The van der Waals surface area contributed by atoms with Crippen LogP contribution >= 0.6 is 23.2 Å². The molecule has 0 saturated heterocycles. The van der Waals surface area contributed by atoms with E-state index in [-0.39, 0.29) is 12.5 Å². The van der Waals surface area contributed by atoms with Gasteiger partial charge in [0.25, 0.3) is 0 Å². The Hall–Kier alpha value is -4.00. The van der Waals surface area contributed by atoms with Crippen molar-refractivity contribution in [2.75, 3.05) is 26.1 Å². The van der Waals surface area contributed by atoms with Gasteiger partial charge in [0.05, 0.1) is 24.9 Å². The number of aromatic nitrogens is 2. The zero-order valence-corrected chi connectivity index (χ0v) is 22.4. The maximum absolute atomic E-state index is 11.5. The molecule has 0 atom stereocenters. The van der Waals surface area contributed by atoms with Crippen molar-refractivity contribution in [2.24, 2.45) is 0 Å². The van der Waals surface area contributed by atoms with E-state index >= 15 is 0 Å². The van der Waals surface area contributed by atoms with Crippen molar-refractivity contribution < 1.29 is 14.3 Å². The van der Waals surface area contributed by atoms with Crippen LogP contribution in [-0.2, 0) is 16.0 Å². The molecule has 0 aliphatic rings. The quantitative estimate of drug-likeness (QED) is 0.209. The smallest absolute Gasteiger partial charge is 0.325 e. The highest BCUT2D eigenvalue weighted by Crippen LogP contribution is 2.32. The van der Waals surface area contributed by atoms with E-state index in [1.165, 1.54) is 7.11 Å². The third kappa shape index (κ3) is 5.62. The number of carbonyl (C=O) groups is 1. The number of hydrogen-bond acceptors (Lipinski definition) is 5. The van der Waals surface area contributed by atoms with Crippen molar-refractivity contribution >= 4 is 45.6 Å². The number of benzene rings is 4. The molecule has 1 heterocycles. The van der Waals surface area contributed by atoms with Gasteiger partial charge >= 0.3 is 5.97 Å². The van der Waals surface area contributed by atoms with Crippen LogP contribution in [0.5, 0.6) is 5.75 Å². The van der Waals surface area contributed by atoms with Crippen molar-refractivity contribution in [1.82, 2.24) is 9.55 Å². The van der Waals surface area contributed by atoms with Crippen molar-refractivity contribution in [1.29, 1.82) is 0 Å². The van der Waals surface area contributed by atoms with Gasteiger partial charge in [-0.2, -0.15) is 0 Å². The Morgan fingerprint density at radius 2 is 1.68 bits per heavy atom. The fraction of sp³-hybridized carbons (Fsp3) is 0.133. The highest BCUT2D eigenvalue weighted by molar-refractivity contribution is 6.36. The first-order valence-corrected chi connectivity index (χ1v) is 12.7. The Labute approximate surface area is 230 Å². The predicted molar refractivity (Wildman–Crippen MR) is 153 cm³/mol. The number of ether oxygens (including phenoxy) is 2. The van der Waals surface area contributed by atoms with Gasteiger partial charge in [-0.05, 0) is 70.9 Å². The minimum absolute atomic E-state index is 0.0965. The zero-order valence-electron chi connectivity index (χ0n) is 20.9. The lowest BCUT2D eigenvalue weighted by Gasteiger charge is -2.11. The summed E-state index contributed by atoms with van der Waals surface area (Å²) in [5.41, 5.74) is 4.42. The van der Waals surface area contributed by atoms with Gasteiger partial charge in [0.15, 0.2) is 0 Å². The first kappa shape index (κ1) is 25.6. The Morgan fingerprint density at radius 1 is 0.921 bits per heavy atom. The van der Waals surface area contributed by atoms with E-state index in [1.54, 1.807) is 19.2 Å². The van der Waals surface area contributed by atoms with Crippen LogP contribution in [0.1, 0.15) is 11.4 Å². The summed E-state index contributed by atoms with van der Waals surface area (Å²) in [5.74, 6) is 1.35. The Kier molecular flexibility index (Phi) is 7.54. The Bertz CT molecular complexity index is 1610. The zero-order chi connectivity index (χ0) is 26.6. The van der Waals surface area contributed by atoms with Gasteiger partial charge in [-0.15, -0.1) is 0 Å². The summed E-state index contributed by atoms with van der Waals surface area (Å²) in [5, 5.41) is 6.41. The summed E-state index contributed by atoms with van der Waals surface area (Å²) in [4.78, 5) is 16.5. The van der Waals surface area contributed by atoms with E-state index in [2.05, 4.69) is 34.1 Å². The number of methoxy groups -OCH3 is 2. The highest BCUT2D eigenvalue weighted by atomic mass is 35.5. The lowest BCUT2D eigenvalue weighted by molar-refractivity contribution is -0.138. The molecule has 8 heteroatoms. The fourth-order valence-electron chi connectivity index (χ4n) is 4.27. The van der Waals surface area contributed by atoms with E-state index in [0.717, 1.165) is 50.5 Å². The second kappa shape index (κ2) is 11.2. The molecule has 0 bridgehead atoms. The molecule has 192 valence electrons. The Balaban J connectivity index is 1.51. The van der Waals surface area contributed by atoms with Crippen LogP contribution in [0.2, 0.25) is 10.0 Å². The van der Waals surface area contributed by atoms with Gasteiger partial charge in [-0.3, -0.25) is 4.79 Å². The molecule has 0 saturated carbocycles. The molecule has 0 radical (unpaired) electrons. The third-order valence-corrected chi connectivity index (χ3v) is 6.82. The number of rotatable bonds is 8. The number of nitrogens with one attached hydrogen (secondary N) is 1. The molecular formula is C30H25Cl2N3O3. The van der Waals surface area contributed by atoms with Gasteiger partial charge < -0.3 is 19.4 Å². The molecule has 0 unspecified atom stereocenters. The molecule has 1 N–H and O–H groups in total. The third-order valence-electron chi connectivity index (χ3n) is 6.27. The first-order chi connectivity index (χ1) is 18.4. The molecule has 0 amide bonds. The minimum Gasteiger partial charge on any atom is -0.497 e. The molecule has 5 rings (SSSR count). The molecule has 0 aliphatic heterocycles. The average Bonchev–Trinajstić information content (AvgIpc) is 3.34. The number of halogens is 2. The summed E-state index contributed by atoms with van der Waals surface area (Å²) < 4.78 is 12.1. The number of imidazole rings is 1. The Morgan fingerprint density at radius 3 is 2.42 bits per heavy atom. The van der Waals surface area contributed by atoms with Gasteiger partial charge in [0, 0.05) is 34.6 Å². The molecule has 1 aromatic heterocycles. The van der Waals surface area contributed by atoms with Gasteiger partial charge in [-0.25, -0.2) is 4.98 Å². The molecule has 38 heavy (non-hydrogen) atoms. The molecule has 0 spiro atoms. The summed E-state index contributed by atoms with van der Waals surface area (Å²) >= 11 is 12.7. The van der Waals surface area contributed by atoms with Crippen molar-refractivity contribution in [3.05, 3.63) is 106 Å². The number of hydrogen-bond donors (Lipinski definition) is 1. The predicted octanol–water partition coefficient (Wildman–Crippen LogP) is 7.18. The van der Waals surface area contributed by atoms with Crippen LogP contribution in [0.4, 0.5) is 5.69 Å². The molecule has 6 nitrogen and oxygen atoms in total. The number of nitrogens with zero attached hydrogens (tertiary/aromatic N) is 2. The maximum Gasteiger partial charge on any atom is 0.325 e. The van der Waals surface area contributed by atoms with Gasteiger partial charge in [0.1, 0.15) is 18.1 Å². The van der Waals surface area contributed by atoms with Crippen LogP contribution in [0, 0.1) is 0 Å². The van der Waals surface area contributed by atoms with E-state index in [1.807, 2.05) is 48.7 Å². The summed E-state index contributed by atoms with van der Waals surface area (Å²) in [6.45, 7) is 0.0965. The van der Waals surface area contributed by atoms with Crippen LogP contribution in [0.25, 0.3) is 27.7 Å². The molecule has 0 aliphatic carbocycles. The monoisotopic (exact) mass is 545 g/mol. The number of carbonyl (C=O) groups excluding carboxylic acids is 1. The normalized spacial score (nSPS) is 10.9. The lowest BCUT2D eigenvalue weighted by Crippen LogP contribution is -2.14. The second-order valence-corrected chi connectivity index (χ2v) is 9.58. The van der Waals surface area contributed by atoms with Crippen molar-refractivity contribution in [3.8, 4) is 22.7 Å². The summed E-state index contributed by atoms with van der Waals surface area (Å²) in [6.07, 6.45) is 2.59. The van der Waals surface area contributed by atoms with Crippen LogP contribution in [0.15, 0.2) is 85.1 Å². The second-order valence-electron chi connectivity index (χ2n) is 8.74. The van der Waals surface area contributed by atoms with Crippen LogP contribution in [0.3, 0.4) is 0 Å². The number of fused-ring (bicyclic) bond motifs is 1. The summed E-state index contributed by atoms with van der Waals surface area (Å²) in [7, 11) is 3.03. The number of anilines is 1. The molecule has 5 aromatic rings. The van der Waals surface area contributed by atoms with Crippen LogP contribution < -0.4 is 10.1 Å². The molecule has 4 aromatic carbocycles. The maximum atomic E-state index is 11.5. The van der Waals surface area contributed by atoms with E-state index < -0.39 is 0 Å². The largest absolute Gasteiger partial charge is 0.497 e. The van der Waals surface area contributed by atoms with E-state index in [4.69, 9.17) is 37.7 Å². The number of esters is 1. The van der Waals surface area contributed by atoms with Crippen LogP contribution in [-0.4, -0.2) is 36.3 Å². The molecular weight excluding hydrogens is 521 g/mol. The van der Waals surface area contributed by atoms with Gasteiger partial charge in [0.2, 0.25) is 0 Å². The topological polar surface area (TPSA) is 65.4 Å². The first-order valence-electron chi connectivity index (χ1n) is 11.9. The van der Waals surface area contributed by atoms with Crippen molar-refractivity contribution in [3.63, 3.8) is 0 Å². The highest BCUT2D eigenvalue weighted by Gasteiger charge is 2.15. The van der Waals surface area contributed by atoms with Crippen molar-refractivity contribution in [2.45, 2.75) is 6.42 Å². The molecule has 0 fully saturated rings. The fourth-order valence-corrected chi connectivity index (χ4v) is 4.78. The SMILES string of the molecule is COC(=O)CNc1ccc(-n2cc(-c3ccc(Cl)cc3Cl)nc2Cc2ccc3cc(OC)ccc3c2)cc1. The summed E-state index contributed by atoms with van der Waals surface area (Å²) in [6, 6.07) is 25.6. The van der Waals surface area contributed by atoms with E-state index in [9.17, 15) is 4.79 Å². The van der Waals surface area contributed by atoms with E-state index in [0.29, 0.717) is 16.5 Å². The average molecular weight is 546 g/mol. The minimum atomic E-state index is -0.329.